The minimum atomic E-state index is 0.439. The van der Waals surface area contributed by atoms with Gasteiger partial charge in [-0.15, -0.1) is 0 Å². The second-order valence-corrected chi connectivity index (χ2v) is 6.93. The van der Waals surface area contributed by atoms with E-state index in [9.17, 15) is 0 Å². The Balaban J connectivity index is 1.49. The number of hydrogen-bond donors (Lipinski definition) is 0. The number of fused-ring (bicyclic) bond motifs is 1. The molecule has 1 atom stereocenters. The van der Waals surface area contributed by atoms with Crippen LogP contribution in [0.3, 0.4) is 0 Å². The van der Waals surface area contributed by atoms with Crippen molar-refractivity contribution in [3.8, 4) is 17.0 Å². The molecule has 0 radical (unpaired) electrons. The zero-order valence-electron chi connectivity index (χ0n) is 15.3. The van der Waals surface area contributed by atoms with Crippen molar-refractivity contribution < 1.29 is 9.26 Å². The summed E-state index contributed by atoms with van der Waals surface area (Å²) in [6.45, 7) is 0.752. The Morgan fingerprint density at radius 1 is 1.15 bits per heavy atom. The maximum Gasteiger partial charge on any atom is 0.151 e. The van der Waals surface area contributed by atoms with Crippen LogP contribution in [0.25, 0.3) is 11.3 Å². The summed E-state index contributed by atoms with van der Waals surface area (Å²) in [6, 6.07) is 19.2. The van der Waals surface area contributed by atoms with Gasteiger partial charge in [0.2, 0.25) is 0 Å². The van der Waals surface area contributed by atoms with Crippen LogP contribution in [-0.4, -0.2) is 24.2 Å². The third-order valence-electron chi connectivity index (χ3n) is 5.22. The van der Waals surface area contributed by atoms with Gasteiger partial charge in [0.15, 0.2) is 5.76 Å². The van der Waals surface area contributed by atoms with Gasteiger partial charge in [0.25, 0.3) is 0 Å². The average molecular weight is 348 g/mol. The highest BCUT2D eigenvalue weighted by Gasteiger charge is 2.24. The fourth-order valence-corrected chi connectivity index (χ4v) is 3.83. The number of ether oxygens (including phenoxy) is 1. The minimum absolute atomic E-state index is 0.439. The molecule has 4 rings (SSSR count). The molecule has 4 heteroatoms. The molecule has 0 N–H and O–H groups in total. The third kappa shape index (κ3) is 3.37. The summed E-state index contributed by atoms with van der Waals surface area (Å²) in [5.74, 6) is 1.73. The minimum Gasteiger partial charge on any atom is -0.497 e. The van der Waals surface area contributed by atoms with Crippen LogP contribution in [0.2, 0.25) is 0 Å². The molecule has 3 aromatic rings. The quantitative estimate of drug-likeness (QED) is 0.660. The number of aryl methyl sites for hydroxylation is 1. The van der Waals surface area contributed by atoms with E-state index in [1.54, 1.807) is 7.11 Å². The van der Waals surface area contributed by atoms with Crippen molar-refractivity contribution in [1.82, 2.24) is 10.1 Å². The van der Waals surface area contributed by atoms with Crippen LogP contribution >= 0.6 is 0 Å². The molecule has 1 aromatic heterocycles. The monoisotopic (exact) mass is 348 g/mol. The largest absolute Gasteiger partial charge is 0.497 e. The first kappa shape index (κ1) is 16.9. The van der Waals surface area contributed by atoms with Crippen LogP contribution in [0, 0.1) is 0 Å². The van der Waals surface area contributed by atoms with E-state index in [-0.39, 0.29) is 0 Å². The lowest BCUT2D eigenvalue weighted by Crippen LogP contribution is -2.27. The van der Waals surface area contributed by atoms with Crippen molar-refractivity contribution in [3.63, 3.8) is 0 Å². The second-order valence-electron chi connectivity index (χ2n) is 6.93. The molecule has 1 aliphatic carbocycles. The lowest BCUT2D eigenvalue weighted by molar-refractivity contribution is 0.190. The van der Waals surface area contributed by atoms with Crippen LogP contribution in [0.1, 0.15) is 35.8 Å². The van der Waals surface area contributed by atoms with Gasteiger partial charge in [0, 0.05) is 17.7 Å². The van der Waals surface area contributed by atoms with E-state index in [2.05, 4.69) is 41.4 Å². The number of nitrogens with zero attached hydrogens (tertiary/aromatic N) is 2. The van der Waals surface area contributed by atoms with Crippen LogP contribution in [-0.2, 0) is 13.0 Å². The average Bonchev–Trinajstić information content (AvgIpc) is 3.16. The summed E-state index contributed by atoms with van der Waals surface area (Å²) in [7, 11) is 3.84. The molecule has 0 fully saturated rings. The zero-order valence-corrected chi connectivity index (χ0v) is 15.3. The predicted molar refractivity (Wildman–Crippen MR) is 102 cm³/mol. The molecule has 1 heterocycles. The molecule has 4 nitrogen and oxygen atoms in total. The highest BCUT2D eigenvalue weighted by molar-refractivity contribution is 5.59. The molecule has 0 aliphatic heterocycles. The summed E-state index contributed by atoms with van der Waals surface area (Å²) in [6.07, 6.45) is 3.61. The molecule has 0 amide bonds. The van der Waals surface area contributed by atoms with Gasteiger partial charge in [-0.1, -0.05) is 29.4 Å². The van der Waals surface area contributed by atoms with Crippen molar-refractivity contribution in [2.45, 2.75) is 31.8 Å². The lowest BCUT2D eigenvalue weighted by Gasteiger charge is -2.32. The van der Waals surface area contributed by atoms with Gasteiger partial charge < -0.3 is 9.26 Å². The highest BCUT2D eigenvalue weighted by Crippen LogP contribution is 2.34. The van der Waals surface area contributed by atoms with Crippen LogP contribution in [0.15, 0.2) is 59.1 Å². The Bertz CT molecular complexity index is 870. The Morgan fingerprint density at radius 2 is 1.96 bits per heavy atom. The molecule has 0 saturated carbocycles. The Hall–Kier alpha value is -2.59. The second kappa shape index (κ2) is 7.34. The van der Waals surface area contributed by atoms with Gasteiger partial charge in [-0.3, -0.25) is 4.90 Å². The maximum atomic E-state index is 5.60. The van der Waals surface area contributed by atoms with E-state index in [0.29, 0.717) is 6.04 Å². The summed E-state index contributed by atoms with van der Waals surface area (Å²) in [5, 5.41) is 4.24. The van der Waals surface area contributed by atoms with Gasteiger partial charge >= 0.3 is 0 Å². The van der Waals surface area contributed by atoms with E-state index < -0.39 is 0 Å². The van der Waals surface area contributed by atoms with E-state index in [0.717, 1.165) is 29.3 Å². The first-order valence-electron chi connectivity index (χ1n) is 9.12. The van der Waals surface area contributed by atoms with Gasteiger partial charge in [-0.05, 0) is 61.7 Å². The van der Waals surface area contributed by atoms with E-state index >= 15 is 0 Å². The molecular weight excluding hydrogens is 324 g/mol. The molecule has 134 valence electrons. The fourth-order valence-electron chi connectivity index (χ4n) is 3.83. The van der Waals surface area contributed by atoms with Crippen LogP contribution in [0.4, 0.5) is 0 Å². The van der Waals surface area contributed by atoms with Gasteiger partial charge in [0.05, 0.1) is 13.7 Å². The first-order chi connectivity index (χ1) is 12.7. The van der Waals surface area contributed by atoms with E-state index in [1.165, 1.54) is 30.4 Å². The van der Waals surface area contributed by atoms with Gasteiger partial charge in [-0.2, -0.15) is 0 Å². The van der Waals surface area contributed by atoms with Crippen molar-refractivity contribution in [3.05, 3.63) is 71.5 Å². The smallest absolute Gasteiger partial charge is 0.151 e. The predicted octanol–water partition coefficient (Wildman–Crippen LogP) is 4.86. The molecule has 0 bridgehead atoms. The molecule has 2 aromatic carbocycles. The standard InChI is InChI=1S/C22H24N2O2/c1-24(22-9-5-7-16-6-3-4-8-20(16)22)15-19-14-21(23-26-19)17-10-12-18(25-2)13-11-17/h3-4,6,8,10-14,22H,5,7,9,15H2,1-2H3. The fraction of sp³-hybridized carbons (Fsp3) is 0.318. The molecule has 1 unspecified atom stereocenters. The van der Waals surface area contributed by atoms with Gasteiger partial charge in [0.1, 0.15) is 11.4 Å². The third-order valence-corrected chi connectivity index (χ3v) is 5.22. The van der Waals surface area contributed by atoms with E-state index in [4.69, 9.17) is 9.26 Å². The molecule has 0 spiro atoms. The number of rotatable bonds is 5. The Labute approximate surface area is 154 Å². The lowest BCUT2D eigenvalue weighted by atomic mass is 9.87. The van der Waals surface area contributed by atoms with Crippen molar-refractivity contribution >= 4 is 0 Å². The SMILES string of the molecule is COc1ccc(-c2cc(CN(C)C3CCCc4ccccc43)on2)cc1. The van der Waals surface area contributed by atoms with Crippen molar-refractivity contribution in [1.29, 1.82) is 0 Å². The number of methoxy groups -OCH3 is 1. The summed E-state index contributed by atoms with van der Waals surface area (Å²) < 4.78 is 10.8. The highest BCUT2D eigenvalue weighted by atomic mass is 16.5. The van der Waals surface area contributed by atoms with E-state index in [1.807, 2.05) is 30.3 Å². The van der Waals surface area contributed by atoms with Crippen molar-refractivity contribution in [2.24, 2.45) is 0 Å². The molecule has 26 heavy (non-hydrogen) atoms. The number of aromatic nitrogens is 1. The number of benzene rings is 2. The van der Waals surface area contributed by atoms with Crippen LogP contribution in [0.5, 0.6) is 5.75 Å². The zero-order chi connectivity index (χ0) is 17.9. The van der Waals surface area contributed by atoms with Crippen LogP contribution < -0.4 is 4.74 Å². The summed E-state index contributed by atoms with van der Waals surface area (Å²) >= 11 is 0. The number of hydrogen-bond acceptors (Lipinski definition) is 4. The maximum absolute atomic E-state index is 5.60. The van der Waals surface area contributed by atoms with Gasteiger partial charge in [-0.25, -0.2) is 0 Å². The Kier molecular flexibility index (Phi) is 4.76. The topological polar surface area (TPSA) is 38.5 Å². The summed E-state index contributed by atoms with van der Waals surface area (Å²) in [5.41, 5.74) is 4.83. The normalized spacial score (nSPS) is 16.5. The summed E-state index contributed by atoms with van der Waals surface area (Å²) in [4.78, 5) is 2.37. The molecule has 1 aliphatic rings. The first-order valence-corrected chi connectivity index (χ1v) is 9.12. The van der Waals surface area contributed by atoms with Crippen molar-refractivity contribution in [2.75, 3.05) is 14.2 Å². The molecular formula is C22H24N2O2. The molecule has 0 saturated heterocycles. The Morgan fingerprint density at radius 3 is 2.77 bits per heavy atom.